The van der Waals surface area contributed by atoms with Crippen molar-refractivity contribution in [2.45, 2.75) is 97.1 Å². The van der Waals surface area contributed by atoms with Crippen LogP contribution < -0.4 is 0 Å². The van der Waals surface area contributed by atoms with E-state index in [4.69, 9.17) is 9.47 Å². The summed E-state index contributed by atoms with van der Waals surface area (Å²) >= 11 is 0. The fraction of sp³-hybridized carbons (Fsp3) is 0.720. The molecule has 5 atom stereocenters. The minimum Gasteiger partial charge on any atom is -0.392 e. The summed E-state index contributed by atoms with van der Waals surface area (Å²) in [6.07, 6.45) is 14.2. The van der Waals surface area contributed by atoms with E-state index in [-0.39, 0.29) is 30.5 Å². The van der Waals surface area contributed by atoms with Gasteiger partial charge < -0.3 is 14.6 Å². The smallest absolute Gasteiger partial charge is 0.189 e. The van der Waals surface area contributed by atoms with E-state index in [1.54, 1.807) is 0 Å². The minimum atomic E-state index is -0.745. The van der Waals surface area contributed by atoms with Gasteiger partial charge in [-0.05, 0) is 88.5 Å². The molecule has 1 aliphatic carbocycles. The Hall–Kier alpha value is -1.23. The van der Waals surface area contributed by atoms with E-state index < -0.39 is 5.79 Å². The molecule has 3 unspecified atom stereocenters. The van der Waals surface area contributed by atoms with Gasteiger partial charge in [0.05, 0.1) is 18.8 Å². The quantitative estimate of drug-likeness (QED) is 0.590. The maximum absolute atomic E-state index is 12.1. The molecule has 1 saturated heterocycles. The van der Waals surface area contributed by atoms with Crippen molar-refractivity contribution >= 4 is 5.78 Å². The Morgan fingerprint density at radius 3 is 2.86 bits per heavy atom. The van der Waals surface area contributed by atoms with Crippen LogP contribution in [0.15, 0.2) is 34.9 Å². The van der Waals surface area contributed by atoms with E-state index in [2.05, 4.69) is 26.8 Å². The summed E-state index contributed by atoms with van der Waals surface area (Å²) < 4.78 is 13.0. The van der Waals surface area contributed by atoms with Crippen LogP contribution in [0.2, 0.25) is 0 Å². The molecule has 1 fully saturated rings. The predicted octanol–water partition coefficient (Wildman–Crippen LogP) is 5.27. The highest BCUT2D eigenvalue weighted by atomic mass is 16.7. The molecule has 3 aliphatic rings. The zero-order valence-corrected chi connectivity index (χ0v) is 18.6. The number of aliphatic hydroxyl groups is 1. The zero-order valence-electron chi connectivity index (χ0n) is 18.6. The van der Waals surface area contributed by atoms with Gasteiger partial charge in [-0.1, -0.05) is 18.6 Å². The highest BCUT2D eigenvalue weighted by Crippen LogP contribution is 2.43. The van der Waals surface area contributed by atoms with Gasteiger partial charge in [-0.15, -0.1) is 0 Å². The van der Waals surface area contributed by atoms with Gasteiger partial charge in [0.2, 0.25) is 0 Å². The molecule has 0 bridgehead atoms. The van der Waals surface area contributed by atoms with E-state index in [9.17, 15) is 9.90 Å². The number of carbonyl (C=O) groups is 1. The number of hydrogen-bond donors (Lipinski definition) is 1. The van der Waals surface area contributed by atoms with Crippen LogP contribution in [0.5, 0.6) is 0 Å². The van der Waals surface area contributed by atoms with Gasteiger partial charge >= 0.3 is 0 Å². The van der Waals surface area contributed by atoms with Crippen molar-refractivity contribution in [1.82, 2.24) is 0 Å². The van der Waals surface area contributed by atoms with E-state index >= 15 is 0 Å². The largest absolute Gasteiger partial charge is 0.392 e. The summed E-state index contributed by atoms with van der Waals surface area (Å²) in [4.78, 5) is 12.1. The fourth-order valence-corrected chi connectivity index (χ4v) is 4.85. The number of rotatable bonds is 7. The van der Waals surface area contributed by atoms with Crippen LogP contribution in [-0.2, 0) is 14.3 Å². The van der Waals surface area contributed by atoms with Crippen molar-refractivity contribution < 1.29 is 19.4 Å². The first kappa shape index (κ1) is 22.5. The van der Waals surface area contributed by atoms with E-state index in [0.717, 1.165) is 49.7 Å². The number of ketones is 1. The molecule has 4 nitrogen and oxygen atoms in total. The molecule has 2 aliphatic heterocycles. The first-order chi connectivity index (χ1) is 13.8. The summed E-state index contributed by atoms with van der Waals surface area (Å²) in [5.74, 6) is 0.0303. The molecule has 0 aromatic carbocycles. The lowest BCUT2D eigenvalue weighted by Gasteiger charge is -2.47. The first-order valence-electron chi connectivity index (χ1n) is 11.3. The van der Waals surface area contributed by atoms with E-state index in [1.807, 2.05) is 19.1 Å². The van der Waals surface area contributed by atoms with Crippen molar-refractivity contribution in [3.63, 3.8) is 0 Å². The third-order valence-corrected chi connectivity index (χ3v) is 6.67. The van der Waals surface area contributed by atoms with E-state index in [0.29, 0.717) is 12.3 Å². The van der Waals surface area contributed by atoms with Crippen molar-refractivity contribution in [3.05, 3.63) is 34.9 Å². The lowest BCUT2D eigenvalue weighted by molar-refractivity contribution is -0.275. The number of ether oxygens (including phenoxy) is 2. The Kier molecular flexibility index (Phi) is 7.53. The van der Waals surface area contributed by atoms with Gasteiger partial charge in [0, 0.05) is 18.8 Å². The van der Waals surface area contributed by atoms with Crippen LogP contribution in [0.25, 0.3) is 0 Å². The van der Waals surface area contributed by atoms with Crippen LogP contribution in [0.3, 0.4) is 0 Å². The second-order valence-corrected chi connectivity index (χ2v) is 9.53. The molecule has 0 radical (unpaired) electrons. The van der Waals surface area contributed by atoms with Crippen LogP contribution in [0, 0.1) is 11.8 Å². The minimum absolute atomic E-state index is 0.0398. The standard InChI is InChI=1S/C25H38O4/c1-17(2)7-5-8-18(3)10-11-21-9-6-12-25(28-21)15-20(16-26)22-14-23(27)19(4)13-24(22)29-25/h7,13,15,18,21-22,24,26H,5-6,8-12,14,16H2,1-4H3/t18?,21?,22-,24-,25?/m1/s1. The monoisotopic (exact) mass is 402 g/mol. The van der Waals surface area contributed by atoms with Crippen LogP contribution in [0.1, 0.15) is 79.1 Å². The molecular weight excluding hydrogens is 364 g/mol. The fourth-order valence-electron chi connectivity index (χ4n) is 4.85. The topological polar surface area (TPSA) is 55.8 Å². The molecule has 0 amide bonds. The molecule has 2 heterocycles. The van der Waals surface area contributed by atoms with Crippen molar-refractivity contribution in [2.24, 2.45) is 11.8 Å². The van der Waals surface area contributed by atoms with Gasteiger partial charge in [-0.2, -0.15) is 0 Å². The third kappa shape index (κ3) is 5.68. The van der Waals surface area contributed by atoms with Crippen molar-refractivity contribution in [2.75, 3.05) is 6.61 Å². The number of Topliss-reactive ketones (excluding diaryl/α,β-unsaturated/α-hetero) is 1. The molecule has 1 spiro atoms. The van der Waals surface area contributed by atoms with E-state index in [1.165, 1.54) is 12.0 Å². The maximum atomic E-state index is 12.1. The Morgan fingerprint density at radius 2 is 2.14 bits per heavy atom. The second-order valence-electron chi connectivity index (χ2n) is 9.53. The van der Waals surface area contributed by atoms with Gasteiger partial charge in [-0.3, -0.25) is 4.79 Å². The average Bonchev–Trinajstić information content (AvgIpc) is 2.67. The Labute approximate surface area is 176 Å². The Morgan fingerprint density at radius 1 is 1.34 bits per heavy atom. The first-order valence-corrected chi connectivity index (χ1v) is 11.3. The van der Waals surface area contributed by atoms with Crippen LogP contribution >= 0.6 is 0 Å². The average molecular weight is 403 g/mol. The normalized spacial score (nSPS) is 33.0. The molecule has 0 aromatic rings. The number of carbonyl (C=O) groups excluding carboxylic acids is 1. The molecule has 29 heavy (non-hydrogen) atoms. The number of hydrogen-bond acceptors (Lipinski definition) is 4. The lowest BCUT2D eigenvalue weighted by Crippen LogP contribution is -2.50. The number of allylic oxidation sites excluding steroid dienone is 3. The summed E-state index contributed by atoms with van der Waals surface area (Å²) in [7, 11) is 0. The Bertz CT molecular complexity index is 685. The second kappa shape index (κ2) is 9.72. The summed E-state index contributed by atoms with van der Waals surface area (Å²) in [5, 5.41) is 9.94. The van der Waals surface area contributed by atoms with Gasteiger partial charge in [-0.25, -0.2) is 0 Å². The highest BCUT2D eigenvalue weighted by Gasteiger charge is 2.46. The Balaban J connectivity index is 1.62. The van der Waals surface area contributed by atoms with Gasteiger partial charge in [0.1, 0.15) is 0 Å². The molecule has 0 aromatic heterocycles. The van der Waals surface area contributed by atoms with Crippen molar-refractivity contribution in [3.8, 4) is 0 Å². The van der Waals surface area contributed by atoms with Gasteiger partial charge in [0.15, 0.2) is 11.6 Å². The summed E-state index contributed by atoms with van der Waals surface area (Å²) in [6.45, 7) is 8.45. The predicted molar refractivity (Wildman–Crippen MR) is 115 cm³/mol. The molecular formula is C25H38O4. The van der Waals surface area contributed by atoms with Crippen molar-refractivity contribution in [1.29, 1.82) is 0 Å². The molecule has 162 valence electrons. The summed E-state index contributed by atoms with van der Waals surface area (Å²) in [6, 6.07) is 0. The summed E-state index contributed by atoms with van der Waals surface area (Å²) in [5.41, 5.74) is 3.05. The van der Waals surface area contributed by atoms with Crippen LogP contribution in [-0.4, -0.2) is 35.5 Å². The molecule has 1 N–H and O–H groups in total. The number of aliphatic hydroxyl groups excluding tert-OH is 1. The number of fused-ring (bicyclic) bond motifs is 1. The zero-order chi connectivity index (χ0) is 21.0. The molecule has 3 rings (SSSR count). The highest BCUT2D eigenvalue weighted by molar-refractivity contribution is 5.96. The maximum Gasteiger partial charge on any atom is 0.189 e. The SMILES string of the molecule is CC(C)=CCCC(C)CCC1CCCC2(C=C(CO)[C@H]3CC(=O)C(C)=C[C@H]3O2)O1. The lowest BCUT2D eigenvalue weighted by atomic mass is 9.78. The third-order valence-electron chi connectivity index (χ3n) is 6.67. The van der Waals surface area contributed by atoms with Crippen LogP contribution in [0.4, 0.5) is 0 Å². The molecule has 0 saturated carbocycles. The van der Waals surface area contributed by atoms with Gasteiger partial charge in [0.25, 0.3) is 0 Å². The molecule has 4 heteroatoms.